The second-order valence-corrected chi connectivity index (χ2v) is 1.79. The molecule has 0 fully saturated rings. The van der Waals surface area contributed by atoms with E-state index in [1.807, 2.05) is 13.0 Å². The zero-order valence-corrected chi connectivity index (χ0v) is 4.78. The lowest BCUT2D eigenvalue weighted by Gasteiger charge is -2.11. The summed E-state index contributed by atoms with van der Waals surface area (Å²) in [6.07, 6.45) is 5.32. The summed E-state index contributed by atoms with van der Waals surface area (Å²) in [5.41, 5.74) is 0. The number of hydrazine groups is 1. The van der Waals surface area contributed by atoms with Crippen molar-refractivity contribution in [2.24, 2.45) is 10.8 Å². The van der Waals surface area contributed by atoms with E-state index in [0.29, 0.717) is 0 Å². The number of rotatable bonds is 0. The van der Waals surface area contributed by atoms with Crippen LogP contribution in [0.3, 0.4) is 0 Å². The lowest BCUT2D eigenvalue weighted by atomic mass is 10.3. The Bertz CT molecular complexity index is 99.6. The first-order valence-corrected chi connectivity index (χ1v) is 2.54. The molecule has 0 saturated heterocycles. The zero-order chi connectivity index (χ0) is 5.98. The van der Waals surface area contributed by atoms with Gasteiger partial charge in [0.05, 0.1) is 6.04 Å². The average Bonchev–Trinajstić information content (AvgIpc) is 1.77. The minimum atomic E-state index is 0.287. The summed E-state index contributed by atoms with van der Waals surface area (Å²) < 4.78 is 0. The fraction of sp³-hybridized carbons (Fsp3) is 0.400. The highest BCUT2D eigenvalue weighted by Crippen LogP contribution is 1.95. The number of hydrogen-bond acceptors (Lipinski definition) is 3. The van der Waals surface area contributed by atoms with Gasteiger partial charge < -0.3 is 0 Å². The molecular formula is C5H9N3. The Kier molecular flexibility index (Phi) is 1.30. The van der Waals surface area contributed by atoms with Crippen LogP contribution in [0.4, 0.5) is 0 Å². The summed E-state index contributed by atoms with van der Waals surface area (Å²) in [6.45, 7) is 2.00. The highest BCUT2D eigenvalue weighted by molar-refractivity contribution is 5.57. The molecule has 1 rings (SSSR count). The van der Waals surface area contributed by atoms with Crippen molar-refractivity contribution < 1.29 is 0 Å². The van der Waals surface area contributed by atoms with Crippen molar-refractivity contribution >= 4 is 6.34 Å². The van der Waals surface area contributed by atoms with Crippen molar-refractivity contribution in [1.29, 1.82) is 0 Å². The Morgan fingerprint density at radius 2 is 2.50 bits per heavy atom. The summed E-state index contributed by atoms with van der Waals surface area (Å²) in [7, 11) is 0. The maximum absolute atomic E-state index is 5.29. The first kappa shape index (κ1) is 5.31. The van der Waals surface area contributed by atoms with Crippen LogP contribution in [0, 0.1) is 0 Å². The molecule has 1 aliphatic heterocycles. The molecule has 0 spiro atoms. The van der Waals surface area contributed by atoms with Crippen LogP contribution in [0.1, 0.15) is 6.92 Å². The van der Waals surface area contributed by atoms with Crippen molar-refractivity contribution in [2.45, 2.75) is 13.0 Å². The number of aliphatic imine (C=N–C) groups is 1. The second-order valence-electron chi connectivity index (χ2n) is 1.79. The van der Waals surface area contributed by atoms with E-state index < -0.39 is 0 Å². The van der Waals surface area contributed by atoms with Crippen LogP contribution in [0.5, 0.6) is 0 Å². The Hall–Kier alpha value is -0.830. The Morgan fingerprint density at radius 1 is 1.75 bits per heavy atom. The molecule has 1 atom stereocenters. The van der Waals surface area contributed by atoms with E-state index in [1.54, 1.807) is 12.5 Å². The van der Waals surface area contributed by atoms with Gasteiger partial charge in [-0.1, -0.05) is 0 Å². The molecule has 0 aromatic rings. The van der Waals surface area contributed by atoms with Gasteiger partial charge in [0.2, 0.25) is 0 Å². The lowest BCUT2D eigenvalue weighted by Crippen LogP contribution is -2.26. The van der Waals surface area contributed by atoms with E-state index in [-0.39, 0.29) is 6.04 Å². The molecule has 3 heteroatoms. The molecule has 0 radical (unpaired) electrons. The minimum Gasteiger partial charge on any atom is -0.277 e. The molecule has 0 amide bonds. The van der Waals surface area contributed by atoms with E-state index in [9.17, 15) is 0 Å². The van der Waals surface area contributed by atoms with Gasteiger partial charge in [-0.25, -0.2) is 5.84 Å². The summed E-state index contributed by atoms with van der Waals surface area (Å²) in [5.74, 6) is 5.29. The standard InChI is InChI=1S/C5H9N3/c1-5-2-3-8(6)4-7-5/h2-5H,6H2,1H3. The first-order chi connectivity index (χ1) is 3.79. The third-order valence-corrected chi connectivity index (χ3v) is 0.972. The van der Waals surface area contributed by atoms with E-state index in [4.69, 9.17) is 5.84 Å². The van der Waals surface area contributed by atoms with Crippen molar-refractivity contribution in [2.75, 3.05) is 0 Å². The SMILES string of the molecule is CC1C=CN(N)C=N1. The Morgan fingerprint density at radius 3 is 2.88 bits per heavy atom. The smallest absolute Gasteiger partial charge is 0.104 e. The fourth-order valence-electron chi connectivity index (χ4n) is 0.494. The monoisotopic (exact) mass is 111 g/mol. The molecule has 8 heavy (non-hydrogen) atoms. The maximum atomic E-state index is 5.29. The lowest BCUT2D eigenvalue weighted by molar-refractivity contribution is 0.590. The van der Waals surface area contributed by atoms with Crippen LogP contribution in [0.2, 0.25) is 0 Å². The highest BCUT2D eigenvalue weighted by Gasteiger charge is 1.96. The maximum Gasteiger partial charge on any atom is 0.104 e. The number of hydrogen-bond donors (Lipinski definition) is 1. The quantitative estimate of drug-likeness (QED) is 0.451. The number of nitrogens with two attached hydrogens (primary N) is 1. The predicted octanol–water partition coefficient (Wildman–Crippen LogP) is 0.106. The van der Waals surface area contributed by atoms with Gasteiger partial charge in [-0.3, -0.25) is 10.0 Å². The van der Waals surface area contributed by atoms with E-state index in [2.05, 4.69) is 4.99 Å². The van der Waals surface area contributed by atoms with Crippen LogP contribution in [-0.2, 0) is 0 Å². The van der Waals surface area contributed by atoms with Gasteiger partial charge in [0.15, 0.2) is 0 Å². The summed E-state index contributed by atoms with van der Waals surface area (Å²) in [4.78, 5) is 4.00. The normalized spacial score (nSPS) is 26.8. The van der Waals surface area contributed by atoms with Crippen molar-refractivity contribution in [3.8, 4) is 0 Å². The second kappa shape index (κ2) is 1.96. The van der Waals surface area contributed by atoms with Crippen LogP contribution in [-0.4, -0.2) is 17.4 Å². The molecule has 1 aliphatic rings. The van der Waals surface area contributed by atoms with Crippen molar-refractivity contribution in [1.82, 2.24) is 5.01 Å². The molecule has 0 aromatic heterocycles. The molecule has 2 N–H and O–H groups in total. The molecule has 1 heterocycles. The van der Waals surface area contributed by atoms with E-state index in [1.165, 1.54) is 5.01 Å². The van der Waals surface area contributed by atoms with E-state index >= 15 is 0 Å². The third-order valence-electron chi connectivity index (χ3n) is 0.972. The number of nitrogens with zero attached hydrogens (tertiary/aromatic N) is 2. The van der Waals surface area contributed by atoms with Gasteiger partial charge in [-0.05, 0) is 13.0 Å². The topological polar surface area (TPSA) is 41.6 Å². The Labute approximate surface area is 48.5 Å². The average molecular weight is 111 g/mol. The molecule has 3 nitrogen and oxygen atoms in total. The molecule has 1 unspecified atom stereocenters. The van der Waals surface area contributed by atoms with Gasteiger partial charge in [0, 0.05) is 6.20 Å². The molecule has 0 bridgehead atoms. The van der Waals surface area contributed by atoms with Crippen molar-refractivity contribution in [3.05, 3.63) is 12.3 Å². The highest BCUT2D eigenvalue weighted by atomic mass is 15.4. The van der Waals surface area contributed by atoms with Crippen LogP contribution in [0.15, 0.2) is 17.3 Å². The molecule has 0 saturated carbocycles. The fourth-order valence-corrected chi connectivity index (χ4v) is 0.494. The largest absolute Gasteiger partial charge is 0.277 e. The molecule has 0 aliphatic carbocycles. The third kappa shape index (κ3) is 1.07. The van der Waals surface area contributed by atoms with Crippen molar-refractivity contribution in [3.63, 3.8) is 0 Å². The zero-order valence-electron chi connectivity index (χ0n) is 4.78. The van der Waals surface area contributed by atoms with Crippen LogP contribution in [0.25, 0.3) is 0 Å². The van der Waals surface area contributed by atoms with Gasteiger partial charge >= 0.3 is 0 Å². The van der Waals surface area contributed by atoms with Gasteiger partial charge in [0.1, 0.15) is 6.34 Å². The van der Waals surface area contributed by atoms with Crippen LogP contribution < -0.4 is 5.84 Å². The van der Waals surface area contributed by atoms with E-state index in [0.717, 1.165) is 0 Å². The summed E-state index contributed by atoms with van der Waals surface area (Å²) in [5, 5.41) is 1.43. The molecule has 0 aromatic carbocycles. The predicted molar refractivity (Wildman–Crippen MR) is 33.1 cm³/mol. The summed E-state index contributed by atoms with van der Waals surface area (Å²) in [6, 6.07) is 0.287. The minimum absolute atomic E-state index is 0.287. The Balaban J connectivity index is 2.54. The van der Waals surface area contributed by atoms with Crippen LogP contribution >= 0.6 is 0 Å². The first-order valence-electron chi connectivity index (χ1n) is 2.54. The molecular weight excluding hydrogens is 102 g/mol. The van der Waals surface area contributed by atoms with Gasteiger partial charge in [0.25, 0.3) is 0 Å². The summed E-state index contributed by atoms with van der Waals surface area (Å²) >= 11 is 0. The molecule has 44 valence electrons. The van der Waals surface area contributed by atoms with Gasteiger partial charge in [-0.15, -0.1) is 0 Å². The van der Waals surface area contributed by atoms with Gasteiger partial charge in [-0.2, -0.15) is 0 Å².